The Kier molecular flexibility index (Phi) is 16.1. The summed E-state index contributed by atoms with van der Waals surface area (Å²) in [6.07, 6.45) is 1.77. The number of carbonyl (C=O) groups excluding carboxylic acids is 4. The summed E-state index contributed by atoms with van der Waals surface area (Å²) in [7, 11) is -4.14. The molecule has 17 heteroatoms. The van der Waals surface area contributed by atoms with E-state index in [4.69, 9.17) is 23.2 Å². The van der Waals surface area contributed by atoms with Gasteiger partial charge in [0.2, 0.25) is 27.7 Å². The van der Waals surface area contributed by atoms with Crippen LogP contribution in [-0.2, 0) is 35.6 Å². The first-order valence-corrected chi connectivity index (χ1v) is 20.5. The Balaban J connectivity index is 1.22. The molecule has 0 spiro atoms. The van der Waals surface area contributed by atoms with Gasteiger partial charge in [-0.25, -0.2) is 18.0 Å². The fourth-order valence-corrected chi connectivity index (χ4v) is 8.66. The van der Waals surface area contributed by atoms with E-state index >= 15 is 0 Å². The number of hydrogen-bond acceptors (Lipinski definition) is 7. The number of aryl methyl sites for hydroxylation is 1. The zero-order valence-electron chi connectivity index (χ0n) is 31.4. The second kappa shape index (κ2) is 20.5. The van der Waals surface area contributed by atoms with Crippen LogP contribution in [0, 0.1) is 12.8 Å². The molecule has 5 amide bonds. The van der Waals surface area contributed by atoms with Crippen molar-refractivity contribution < 1.29 is 37.5 Å². The van der Waals surface area contributed by atoms with Crippen molar-refractivity contribution >= 4 is 74.3 Å². The number of amides is 5. The molecule has 3 aromatic carbocycles. The molecule has 4 rings (SSSR count). The number of halogens is 2. The topological polar surface area (TPSA) is 203 Å². The van der Waals surface area contributed by atoms with Crippen molar-refractivity contribution in [2.45, 2.75) is 88.7 Å². The highest BCUT2D eigenvalue weighted by Crippen LogP contribution is 2.30. The SMILES string of the molecule is Cc1ccccc1NC(=O)Nc1ccc(CC(=O)N[C@@H](CC(C)C)C(=O)NCCCC[C@H](NC(=O)[C@@H]2CCCN2S(=O)(=O)c2cc(Cl)cc(Cl)c2)C(=O)O)cc1. The Morgan fingerprint density at radius 1 is 0.893 bits per heavy atom. The normalized spacial score (nSPS) is 15.4. The quantitative estimate of drug-likeness (QED) is 0.0873. The second-order valence-electron chi connectivity index (χ2n) is 14.1. The minimum absolute atomic E-state index is 0.0133. The Morgan fingerprint density at radius 2 is 1.57 bits per heavy atom. The van der Waals surface area contributed by atoms with Crippen LogP contribution in [0.25, 0.3) is 0 Å². The largest absolute Gasteiger partial charge is 0.480 e. The number of benzene rings is 3. The van der Waals surface area contributed by atoms with Crippen LogP contribution < -0.4 is 26.6 Å². The van der Waals surface area contributed by atoms with Crippen LogP contribution >= 0.6 is 23.2 Å². The lowest BCUT2D eigenvalue weighted by Crippen LogP contribution is -2.50. The van der Waals surface area contributed by atoms with Crippen molar-refractivity contribution in [2.24, 2.45) is 5.92 Å². The van der Waals surface area contributed by atoms with Crippen LogP contribution in [0.2, 0.25) is 10.0 Å². The minimum atomic E-state index is -4.14. The van der Waals surface area contributed by atoms with Gasteiger partial charge < -0.3 is 31.7 Å². The number of nitrogens with zero attached hydrogens (tertiary/aromatic N) is 1. The highest BCUT2D eigenvalue weighted by molar-refractivity contribution is 7.89. The van der Waals surface area contributed by atoms with E-state index in [1.165, 1.54) is 18.2 Å². The Bertz CT molecular complexity index is 1980. The molecule has 3 atom stereocenters. The summed E-state index contributed by atoms with van der Waals surface area (Å²) in [4.78, 5) is 63.6. The van der Waals surface area contributed by atoms with Crippen LogP contribution in [0.4, 0.5) is 16.2 Å². The molecule has 1 heterocycles. The highest BCUT2D eigenvalue weighted by Gasteiger charge is 2.40. The van der Waals surface area contributed by atoms with E-state index < -0.39 is 46.1 Å². The molecule has 0 bridgehead atoms. The van der Waals surface area contributed by atoms with Crippen molar-refractivity contribution in [1.29, 1.82) is 0 Å². The zero-order valence-corrected chi connectivity index (χ0v) is 33.8. The number of nitrogens with one attached hydrogen (secondary N) is 5. The van der Waals surface area contributed by atoms with Crippen molar-refractivity contribution in [3.8, 4) is 0 Å². The van der Waals surface area contributed by atoms with Crippen molar-refractivity contribution in [3.05, 3.63) is 87.9 Å². The van der Waals surface area contributed by atoms with Gasteiger partial charge >= 0.3 is 12.0 Å². The molecular weight excluding hydrogens is 783 g/mol. The molecule has 6 N–H and O–H groups in total. The molecular formula is C39H48Cl2N6O8S. The minimum Gasteiger partial charge on any atom is -0.480 e. The summed E-state index contributed by atoms with van der Waals surface area (Å²) in [5.74, 6) is -2.63. The number of anilines is 2. The van der Waals surface area contributed by atoms with E-state index in [1.807, 2.05) is 39.0 Å². The number of carbonyl (C=O) groups is 5. The van der Waals surface area contributed by atoms with Gasteiger partial charge in [-0.1, -0.05) is 67.4 Å². The van der Waals surface area contributed by atoms with E-state index in [-0.39, 0.29) is 65.0 Å². The number of carboxylic acids is 1. The Morgan fingerprint density at radius 3 is 2.21 bits per heavy atom. The molecule has 1 aliphatic heterocycles. The molecule has 3 aromatic rings. The smallest absolute Gasteiger partial charge is 0.326 e. The first-order valence-electron chi connectivity index (χ1n) is 18.3. The molecule has 14 nitrogen and oxygen atoms in total. The van der Waals surface area contributed by atoms with Gasteiger partial charge in [0, 0.05) is 34.5 Å². The van der Waals surface area contributed by atoms with E-state index in [9.17, 15) is 37.5 Å². The molecule has 0 radical (unpaired) electrons. The van der Waals surface area contributed by atoms with Crippen LogP contribution in [0.3, 0.4) is 0 Å². The summed E-state index contributed by atoms with van der Waals surface area (Å²) >= 11 is 12.0. The molecule has 1 saturated heterocycles. The summed E-state index contributed by atoms with van der Waals surface area (Å²) < 4.78 is 27.7. The van der Waals surface area contributed by atoms with Crippen LogP contribution in [-0.4, -0.2) is 78.8 Å². The van der Waals surface area contributed by atoms with E-state index in [2.05, 4.69) is 26.6 Å². The predicted molar refractivity (Wildman–Crippen MR) is 215 cm³/mol. The third kappa shape index (κ3) is 12.9. The standard InChI is InChI=1S/C39H48Cl2N6O8S/c1-24(2)19-33(44-35(48)20-26-13-15-29(16-14-26)43-39(53)46-31-10-5-4-9-25(31)3)36(49)42-17-7-6-11-32(38(51)52)45-37(50)34-12-8-18-47(34)56(54,55)30-22-27(40)21-28(41)23-30/h4-5,9-10,13-16,21-24,32-34H,6-8,11-12,17-20H2,1-3H3,(H,42,49)(H,44,48)(H,45,50)(H,51,52)(H2,43,46,53)/t32-,33-,34-/m0/s1. The molecule has 56 heavy (non-hydrogen) atoms. The molecule has 302 valence electrons. The van der Waals surface area contributed by atoms with Crippen molar-refractivity contribution in [2.75, 3.05) is 23.7 Å². The van der Waals surface area contributed by atoms with Gasteiger partial charge in [-0.15, -0.1) is 0 Å². The number of unbranched alkanes of at least 4 members (excludes halogenated alkanes) is 1. The van der Waals surface area contributed by atoms with E-state index in [1.54, 1.807) is 30.3 Å². The number of hydrogen-bond donors (Lipinski definition) is 6. The number of sulfonamides is 1. The monoisotopic (exact) mass is 830 g/mol. The number of para-hydroxylation sites is 1. The predicted octanol–water partition coefficient (Wildman–Crippen LogP) is 5.73. The number of rotatable bonds is 18. The number of carboxylic acid groups (broad SMARTS) is 1. The van der Waals surface area contributed by atoms with Crippen LogP contribution in [0.15, 0.2) is 71.6 Å². The average Bonchev–Trinajstić information content (AvgIpc) is 3.63. The fraction of sp³-hybridized carbons (Fsp3) is 0.410. The van der Waals surface area contributed by atoms with Gasteiger partial charge in [0.25, 0.3) is 0 Å². The second-order valence-corrected chi connectivity index (χ2v) is 16.8. The summed E-state index contributed by atoms with van der Waals surface area (Å²) in [6.45, 7) is 6.03. The third-order valence-corrected chi connectivity index (χ3v) is 11.4. The number of aliphatic carboxylic acids is 1. The summed E-state index contributed by atoms with van der Waals surface area (Å²) in [6, 6.07) is 14.5. The maximum Gasteiger partial charge on any atom is 0.326 e. The van der Waals surface area contributed by atoms with Gasteiger partial charge in [-0.3, -0.25) is 14.4 Å². The Hall–Kier alpha value is -4.70. The maximum atomic E-state index is 13.4. The molecule has 1 aliphatic rings. The van der Waals surface area contributed by atoms with Gasteiger partial charge in [-0.05, 0) is 98.9 Å². The highest BCUT2D eigenvalue weighted by atomic mass is 35.5. The first-order chi connectivity index (χ1) is 26.5. The van der Waals surface area contributed by atoms with E-state index in [0.29, 0.717) is 42.6 Å². The average molecular weight is 832 g/mol. The molecule has 0 unspecified atom stereocenters. The van der Waals surface area contributed by atoms with E-state index in [0.717, 1.165) is 9.87 Å². The van der Waals surface area contributed by atoms with Gasteiger partial charge in [0.15, 0.2) is 0 Å². The lowest BCUT2D eigenvalue weighted by atomic mass is 10.0. The third-order valence-electron chi connectivity index (χ3n) is 9.11. The van der Waals surface area contributed by atoms with Crippen LogP contribution in [0.1, 0.15) is 63.5 Å². The van der Waals surface area contributed by atoms with Gasteiger partial charge in [0.05, 0.1) is 11.3 Å². The van der Waals surface area contributed by atoms with Gasteiger partial charge in [-0.2, -0.15) is 4.31 Å². The lowest BCUT2D eigenvalue weighted by molar-refractivity contribution is -0.142. The molecule has 0 aromatic heterocycles. The van der Waals surface area contributed by atoms with Crippen molar-refractivity contribution in [3.63, 3.8) is 0 Å². The Labute approximate surface area is 337 Å². The van der Waals surface area contributed by atoms with Crippen molar-refractivity contribution in [1.82, 2.24) is 20.3 Å². The molecule has 0 saturated carbocycles. The maximum absolute atomic E-state index is 13.4. The summed E-state index contributed by atoms with van der Waals surface area (Å²) in [5.41, 5.74) is 2.85. The lowest BCUT2D eigenvalue weighted by Gasteiger charge is -2.25. The fourth-order valence-electron chi connectivity index (χ4n) is 6.27. The molecule has 1 fully saturated rings. The zero-order chi connectivity index (χ0) is 41.0. The number of urea groups is 1. The molecule has 0 aliphatic carbocycles. The van der Waals surface area contributed by atoms with Crippen LogP contribution in [0.5, 0.6) is 0 Å². The van der Waals surface area contributed by atoms with Gasteiger partial charge in [0.1, 0.15) is 18.1 Å². The first kappa shape index (κ1) is 44.0. The summed E-state index contributed by atoms with van der Waals surface area (Å²) in [5, 5.41) is 23.7.